The second-order valence-electron chi connectivity index (χ2n) is 5.99. The molecule has 0 aliphatic carbocycles. The van der Waals surface area contributed by atoms with E-state index in [0.29, 0.717) is 18.7 Å². The van der Waals surface area contributed by atoms with Crippen LogP contribution in [0.1, 0.15) is 43.6 Å². The number of sulfonamides is 1. The number of amides is 1. The normalized spacial score (nSPS) is 11.8. The van der Waals surface area contributed by atoms with Gasteiger partial charge >= 0.3 is 5.97 Å². The van der Waals surface area contributed by atoms with E-state index in [0.717, 1.165) is 0 Å². The van der Waals surface area contributed by atoms with Gasteiger partial charge < -0.3 is 10.0 Å². The third-order valence-corrected chi connectivity index (χ3v) is 6.14. The van der Waals surface area contributed by atoms with Crippen LogP contribution < -0.4 is 0 Å². The predicted octanol–water partition coefficient (Wildman–Crippen LogP) is 1.96. The Labute approximate surface area is 149 Å². The molecule has 0 radical (unpaired) electrons. The Hall–Kier alpha value is -1.93. The number of benzene rings is 1. The third kappa shape index (κ3) is 4.79. The van der Waals surface area contributed by atoms with E-state index in [1.54, 1.807) is 40.7 Å². The van der Waals surface area contributed by atoms with Crippen molar-refractivity contribution in [3.8, 4) is 0 Å². The van der Waals surface area contributed by atoms with Gasteiger partial charge in [0.05, 0.1) is 4.90 Å². The first kappa shape index (κ1) is 21.1. The fourth-order valence-corrected chi connectivity index (χ4v) is 4.22. The number of carboxylic acids is 1. The minimum absolute atomic E-state index is 0.0704. The number of hydrogen-bond donors (Lipinski definition) is 1. The second-order valence-corrected chi connectivity index (χ2v) is 7.90. The number of carbonyl (C=O) groups is 2. The maximum absolute atomic E-state index is 12.8. The summed E-state index contributed by atoms with van der Waals surface area (Å²) in [6.45, 7) is 8.80. The number of carboxylic acid groups (broad SMARTS) is 1. The molecule has 0 saturated heterocycles. The molecule has 0 aliphatic heterocycles. The Morgan fingerprint density at radius 2 is 1.72 bits per heavy atom. The van der Waals surface area contributed by atoms with Crippen LogP contribution in [0.4, 0.5) is 0 Å². The first-order chi connectivity index (χ1) is 11.6. The zero-order chi connectivity index (χ0) is 19.4. The molecule has 1 rings (SSSR count). The van der Waals surface area contributed by atoms with Crippen LogP contribution in [-0.2, 0) is 14.8 Å². The van der Waals surface area contributed by atoms with Crippen molar-refractivity contribution in [2.75, 3.05) is 19.6 Å². The lowest BCUT2D eigenvalue weighted by Gasteiger charge is -2.25. The number of aliphatic carboxylic acids is 1. The van der Waals surface area contributed by atoms with Crippen LogP contribution in [0.3, 0.4) is 0 Å². The molecule has 0 aliphatic rings. The van der Waals surface area contributed by atoms with Crippen molar-refractivity contribution in [3.05, 3.63) is 29.3 Å². The smallest absolute Gasteiger partial charge is 0.323 e. The largest absolute Gasteiger partial charge is 0.480 e. The third-order valence-electron chi connectivity index (χ3n) is 3.95. The molecule has 0 bridgehead atoms. The maximum atomic E-state index is 12.8. The van der Waals surface area contributed by atoms with E-state index in [-0.39, 0.29) is 16.5 Å². The van der Waals surface area contributed by atoms with E-state index in [4.69, 9.17) is 5.11 Å². The van der Waals surface area contributed by atoms with Gasteiger partial charge in [0.2, 0.25) is 10.0 Å². The van der Waals surface area contributed by atoms with Crippen LogP contribution in [0, 0.1) is 6.92 Å². The van der Waals surface area contributed by atoms with Crippen molar-refractivity contribution >= 4 is 21.9 Å². The van der Waals surface area contributed by atoms with Gasteiger partial charge in [-0.2, -0.15) is 4.31 Å². The van der Waals surface area contributed by atoms with Gasteiger partial charge in [-0.25, -0.2) is 8.42 Å². The maximum Gasteiger partial charge on any atom is 0.323 e. The molecule has 0 spiro atoms. The molecule has 0 aromatic heterocycles. The van der Waals surface area contributed by atoms with Crippen molar-refractivity contribution in [1.29, 1.82) is 0 Å². The minimum Gasteiger partial charge on any atom is -0.480 e. The fourth-order valence-electron chi connectivity index (χ4n) is 2.51. The molecule has 1 aromatic rings. The van der Waals surface area contributed by atoms with E-state index >= 15 is 0 Å². The molecule has 25 heavy (non-hydrogen) atoms. The van der Waals surface area contributed by atoms with Crippen LogP contribution in [0.2, 0.25) is 0 Å². The average molecular weight is 370 g/mol. The first-order valence-electron chi connectivity index (χ1n) is 8.19. The molecule has 0 unspecified atom stereocenters. The van der Waals surface area contributed by atoms with Gasteiger partial charge in [-0.05, 0) is 38.5 Å². The highest BCUT2D eigenvalue weighted by Gasteiger charge is 2.27. The Morgan fingerprint density at radius 3 is 2.16 bits per heavy atom. The topological polar surface area (TPSA) is 95.0 Å². The summed E-state index contributed by atoms with van der Waals surface area (Å²) >= 11 is 0. The first-order valence-corrected chi connectivity index (χ1v) is 9.63. The van der Waals surface area contributed by atoms with E-state index in [1.165, 1.54) is 21.3 Å². The minimum atomic E-state index is -3.71. The number of aryl methyl sites for hydroxylation is 1. The number of rotatable bonds is 8. The van der Waals surface area contributed by atoms with Gasteiger partial charge in [0.25, 0.3) is 5.91 Å². The van der Waals surface area contributed by atoms with Crippen LogP contribution in [-0.4, -0.2) is 60.3 Å². The van der Waals surface area contributed by atoms with Gasteiger partial charge in [0.1, 0.15) is 6.54 Å². The van der Waals surface area contributed by atoms with E-state index in [2.05, 4.69) is 0 Å². The summed E-state index contributed by atoms with van der Waals surface area (Å²) < 4.78 is 26.9. The molecule has 0 heterocycles. The summed E-state index contributed by atoms with van der Waals surface area (Å²) in [7, 11) is -3.71. The molecule has 0 saturated carbocycles. The molecule has 0 atom stereocenters. The summed E-state index contributed by atoms with van der Waals surface area (Å²) in [6, 6.07) is 4.11. The lowest BCUT2D eigenvalue weighted by molar-refractivity contribution is -0.138. The summed E-state index contributed by atoms with van der Waals surface area (Å²) in [5.74, 6) is -1.63. The SMILES string of the molecule is CCN(CC)S(=O)(=O)c1cc(C(=O)N(CC(=O)O)C(C)C)ccc1C. The molecular weight excluding hydrogens is 344 g/mol. The predicted molar refractivity (Wildman–Crippen MR) is 95.1 cm³/mol. The summed E-state index contributed by atoms with van der Waals surface area (Å²) in [5, 5.41) is 9.00. The highest BCUT2D eigenvalue weighted by atomic mass is 32.2. The molecular formula is C17H26N2O5S. The molecule has 1 N–H and O–H groups in total. The number of nitrogens with zero attached hydrogens (tertiary/aromatic N) is 2. The zero-order valence-corrected chi connectivity index (χ0v) is 16.1. The van der Waals surface area contributed by atoms with E-state index < -0.39 is 28.4 Å². The Balaban J connectivity index is 3.37. The van der Waals surface area contributed by atoms with Crippen LogP contribution >= 0.6 is 0 Å². The van der Waals surface area contributed by atoms with Crippen LogP contribution in [0.5, 0.6) is 0 Å². The highest BCUT2D eigenvalue weighted by molar-refractivity contribution is 7.89. The lowest BCUT2D eigenvalue weighted by Crippen LogP contribution is -2.40. The van der Waals surface area contributed by atoms with Crippen LogP contribution in [0.15, 0.2) is 23.1 Å². The van der Waals surface area contributed by atoms with Crippen molar-refractivity contribution in [3.63, 3.8) is 0 Å². The Morgan fingerprint density at radius 1 is 1.16 bits per heavy atom. The fraction of sp³-hybridized carbons (Fsp3) is 0.529. The highest BCUT2D eigenvalue weighted by Crippen LogP contribution is 2.22. The molecule has 1 aromatic carbocycles. The average Bonchev–Trinajstić information content (AvgIpc) is 2.52. The van der Waals surface area contributed by atoms with Crippen molar-refractivity contribution < 1.29 is 23.1 Å². The number of carbonyl (C=O) groups excluding carboxylic acids is 1. The van der Waals surface area contributed by atoms with Crippen LogP contribution in [0.25, 0.3) is 0 Å². The molecule has 140 valence electrons. The summed E-state index contributed by atoms with van der Waals surface area (Å²) in [6.07, 6.45) is 0. The van der Waals surface area contributed by atoms with Crippen molar-refractivity contribution in [1.82, 2.24) is 9.21 Å². The van der Waals surface area contributed by atoms with E-state index in [1.807, 2.05) is 0 Å². The zero-order valence-electron chi connectivity index (χ0n) is 15.3. The molecule has 8 heteroatoms. The van der Waals surface area contributed by atoms with Gasteiger partial charge in [-0.1, -0.05) is 19.9 Å². The molecule has 0 fully saturated rings. The lowest BCUT2D eigenvalue weighted by atomic mass is 10.1. The second kappa shape index (κ2) is 8.44. The Kier molecular flexibility index (Phi) is 7.13. The van der Waals surface area contributed by atoms with Gasteiger partial charge in [0.15, 0.2) is 0 Å². The van der Waals surface area contributed by atoms with Gasteiger partial charge in [0, 0.05) is 24.7 Å². The standard InChI is InChI=1S/C17H26N2O5S/c1-6-18(7-2)25(23,24)15-10-14(9-8-13(15)5)17(22)19(12(3)4)11-16(20)21/h8-10,12H,6-7,11H2,1-5H3,(H,20,21). The molecule has 7 nitrogen and oxygen atoms in total. The Bertz CT molecular complexity index is 739. The summed E-state index contributed by atoms with van der Waals surface area (Å²) in [5.41, 5.74) is 0.698. The number of hydrogen-bond acceptors (Lipinski definition) is 4. The monoisotopic (exact) mass is 370 g/mol. The van der Waals surface area contributed by atoms with Crippen molar-refractivity contribution in [2.24, 2.45) is 0 Å². The van der Waals surface area contributed by atoms with Gasteiger partial charge in [-0.15, -0.1) is 0 Å². The van der Waals surface area contributed by atoms with Crippen molar-refractivity contribution in [2.45, 2.75) is 45.6 Å². The quantitative estimate of drug-likeness (QED) is 0.755. The summed E-state index contributed by atoms with van der Waals surface area (Å²) in [4.78, 5) is 24.9. The van der Waals surface area contributed by atoms with E-state index in [9.17, 15) is 18.0 Å². The molecule has 1 amide bonds. The van der Waals surface area contributed by atoms with Gasteiger partial charge in [-0.3, -0.25) is 9.59 Å².